The predicted octanol–water partition coefficient (Wildman–Crippen LogP) is 4.62. The summed E-state index contributed by atoms with van der Waals surface area (Å²) in [5.41, 5.74) is 2.59. The van der Waals surface area contributed by atoms with Crippen molar-refractivity contribution in [2.75, 3.05) is 12.4 Å². The van der Waals surface area contributed by atoms with E-state index in [2.05, 4.69) is 5.32 Å². The monoisotopic (exact) mass is 299 g/mol. The lowest BCUT2D eigenvalue weighted by Crippen LogP contribution is -2.27. The first-order valence-electron chi connectivity index (χ1n) is 6.41. The topological polar surface area (TPSA) is 47.6 Å². The van der Waals surface area contributed by atoms with Crippen LogP contribution >= 0.6 is 11.6 Å². The molecule has 1 rings (SSSR count). The van der Waals surface area contributed by atoms with E-state index >= 15 is 0 Å². The van der Waals surface area contributed by atoms with Crippen molar-refractivity contribution in [2.24, 2.45) is 0 Å². The Kier molecular flexibility index (Phi) is 4.92. The number of amides is 1. The first kappa shape index (κ1) is 16.6. The average molecular weight is 300 g/mol. The third-order valence-electron chi connectivity index (χ3n) is 3.00. The van der Waals surface area contributed by atoms with Gasteiger partial charge in [-0.2, -0.15) is 0 Å². The normalized spacial score (nSPS) is 11.2. The number of carbonyl (C=O) groups excluding carboxylic acids is 1. The van der Waals surface area contributed by atoms with Gasteiger partial charge in [0.1, 0.15) is 11.4 Å². The van der Waals surface area contributed by atoms with Crippen LogP contribution in [-0.4, -0.2) is 18.8 Å². The molecule has 0 fully saturated rings. The second-order valence-electron chi connectivity index (χ2n) is 5.72. The van der Waals surface area contributed by atoms with E-state index in [4.69, 9.17) is 21.1 Å². The molecule has 0 aliphatic heterocycles. The van der Waals surface area contributed by atoms with Gasteiger partial charge in [0.15, 0.2) is 0 Å². The Bertz CT molecular complexity index is 533. The number of carbonyl (C=O) groups is 1. The van der Waals surface area contributed by atoms with E-state index < -0.39 is 11.7 Å². The molecule has 5 heteroatoms. The Morgan fingerprint density at radius 1 is 1.10 bits per heavy atom. The third kappa shape index (κ3) is 3.57. The lowest BCUT2D eigenvalue weighted by Gasteiger charge is -2.22. The van der Waals surface area contributed by atoms with Gasteiger partial charge in [-0.25, -0.2) is 4.79 Å². The third-order valence-corrected chi connectivity index (χ3v) is 3.47. The number of ether oxygens (including phenoxy) is 2. The van der Waals surface area contributed by atoms with Crippen LogP contribution in [0.5, 0.6) is 5.75 Å². The molecule has 0 radical (unpaired) electrons. The van der Waals surface area contributed by atoms with E-state index in [0.717, 1.165) is 22.4 Å². The van der Waals surface area contributed by atoms with Gasteiger partial charge < -0.3 is 9.47 Å². The van der Waals surface area contributed by atoms with Gasteiger partial charge in [0.05, 0.1) is 17.8 Å². The largest absolute Gasteiger partial charge is 0.496 e. The van der Waals surface area contributed by atoms with Crippen LogP contribution in [0.3, 0.4) is 0 Å². The first-order valence-corrected chi connectivity index (χ1v) is 6.79. The van der Waals surface area contributed by atoms with Crippen LogP contribution in [0, 0.1) is 20.8 Å². The summed E-state index contributed by atoms with van der Waals surface area (Å²) >= 11 is 6.32. The van der Waals surface area contributed by atoms with Crippen LogP contribution in [0.2, 0.25) is 5.02 Å². The van der Waals surface area contributed by atoms with E-state index in [1.807, 2.05) is 41.5 Å². The Hall–Kier alpha value is -1.42. The van der Waals surface area contributed by atoms with Gasteiger partial charge in [0.2, 0.25) is 0 Å². The second kappa shape index (κ2) is 5.92. The molecule has 1 aromatic rings. The minimum absolute atomic E-state index is 0.506. The molecule has 0 spiro atoms. The summed E-state index contributed by atoms with van der Waals surface area (Å²) < 4.78 is 10.6. The fraction of sp³-hybridized carbons (Fsp3) is 0.533. The minimum Gasteiger partial charge on any atom is -0.496 e. The number of benzene rings is 1. The molecule has 4 nitrogen and oxygen atoms in total. The lowest BCUT2D eigenvalue weighted by molar-refractivity contribution is 0.0636. The zero-order chi connectivity index (χ0) is 15.7. The van der Waals surface area contributed by atoms with Crippen molar-refractivity contribution in [3.8, 4) is 5.75 Å². The predicted molar refractivity (Wildman–Crippen MR) is 82.1 cm³/mol. The molecule has 112 valence electrons. The molecular weight excluding hydrogens is 278 g/mol. The first-order chi connectivity index (χ1) is 9.08. The van der Waals surface area contributed by atoms with Crippen molar-refractivity contribution < 1.29 is 14.3 Å². The number of hydrogen-bond acceptors (Lipinski definition) is 3. The summed E-state index contributed by atoms with van der Waals surface area (Å²) in [5, 5.41) is 3.21. The molecule has 0 bridgehead atoms. The van der Waals surface area contributed by atoms with E-state index in [-0.39, 0.29) is 0 Å². The molecular formula is C15H22ClNO3. The van der Waals surface area contributed by atoms with Crippen molar-refractivity contribution in [1.29, 1.82) is 0 Å². The molecule has 0 saturated carbocycles. The molecule has 0 aliphatic carbocycles. The molecule has 0 atom stereocenters. The van der Waals surface area contributed by atoms with Crippen LogP contribution in [0.25, 0.3) is 0 Å². The van der Waals surface area contributed by atoms with Crippen molar-refractivity contribution in [3.63, 3.8) is 0 Å². The van der Waals surface area contributed by atoms with Gasteiger partial charge >= 0.3 is 6.09 Å². The zero-order valence-electron chi connectivity index (χ0n) is 13.1. The van der Waals surface area contributed by atoms with Crippen molar-refractivity contribution >= 4 is 23.4 Å². The molecule has 0 saturated heterocycles. The van der Waals surface area contributed by atoms with Gasteiger partial charge in [-0.3, -0.25) is 5.32 Å². The maximum atomic E-state index is 11.9. The van der Waals surface area contributed by atoms with Gasteiger partial charge in [-0.15, -0.1) is 0 Å². The number of anilines is 1. The van der Waals surface area contributed by atoms with Crippen LogP contribution < -0.4 is 10.1 Å². The number of nitrogens with one attached hydrogen (secondary N) is 1. The fourth-order valence-electron chi connectivity index (χ4n) is 1.94. The minimum atomic E-state index is -0.561. The molecule has 1 aromatic carbocycles. The summed E-state index contributed by atoms with van der Waals surface area (Å²) in [6.07, 6.45) is -0.534. The zero-order valence-corrected chi connectivity index (χ0v) is 13.9. The maximum absolute atomic E-state index is 11.9. The molecule has 0 unspecified atom stereocenters. The highest BCUT2D eigenvalue weighted by Gasteiger charge is 2.21. The molecule has 1 amide bonds. The Morgan fingerprint density at radius 3 is 2.10 bits per heavy atom. The Morgan fingerprint density at radius 2 is 1.65 bits per heavy atom. The summed E-state index contributed by atoms with van der Waals surface area (Å²) in [4.78, 5) is 11.9. The number of hydrogen-bond donors (Lipinski definition) is 1. The number of rotatable bonds is 2. The van der Waals surface area contributed by atoms with Crippen LogP contribution in [0.1, 0.15) is 37.5 Å². The van der Waals surface area contributed by atoms with E-state index in [1.165, 1.54) is 0 Å². The van der Waals surface area contributed by atoms with E-state index in [9.17, 15) is 4.79 Å². The lowest BCUT2D eigenvalue weighted by atomic mass is 10.0. The van der Waals surface area contributed by atoms with Crippen molar-refractivity contribution in [1.82, 2.24) is 0 Å². The van der Waals surface area contributed by atoms with Gasteiger partial charge in [0, 0.05) is 5.56 Å². The Balaban J connectivity index is 3.19. The number of halogens is 1. The molecule has 0 aliphatic rings. The molecule has 0 heterocycles. The van der Waals surface area contributed by atoms with E-state index in [0.29, 0.717) is 10.7 Å². The van der Waals surface area contributed by atoms with Crippen LogP contribution in [0.4, 0.5) is 10.5 Å². The standard InChI is InChI=1S/C15H22ClNO3/c1-8-9(2)13(19-7)10(3)12(11(8)16)17-14(18)20-15(4,5)6/h1-7H3,(H,17,18). The van der Waals surface area contributed by atoms with Gasteiger partial charge in [-0.1, -0.05) is 11.6 Å². The Labute approximate surface area is 125 Å². The highest BCUT2D eigenvalue weighted by molar-refractivity contribution is 6.34. The van der Waals surface area contributed by atoms with E-state index in [1.54, 1.807) is 7.11 Å². The molecule has 1 N–H and O–H groups in total. The maximum Gasteiger partial charge on any atom is 0.412 e. The SMILES string of the molecule is COc1c(C)c(C)c(Cl)c(NC(=O)OC(C)(C)C)c1C. The second-order valence-corrected chi connectivity index (χ2v) is 6.10. The molecule has 20 heavy (non-hydrogen) atoms. The highest BCUT2D eigenvalue weighted by atomic mass is 35.5. The fourth-order valence-corrected chi connectivity index (χ4v) is 2.27. The summed E-state index contributed by atoms with van der Waals surface area (Å²) in [6, 6.07) is 0. The highest BCUT2D eigenvalue weighted by Crippen LogP contribution is 2.39. The van der Waals surface area contributed by atoms with Gasteiger partial charge in [-0.05, 0) is 52.7 Å². The van der Waals surface area contributed by atoms with Crippen molar-refractivity contribution in [2.45, 2.75) is 47.1 Å². The number of methoxy groups -OCH3 is 1. The van der Waals surface area contributed by atoms with Crippen LogP contribution in [-0.2, 0) is 4.74 Å². The summed E-state index contributed by atoms with van der Waals surface area (Å²) in [6.45, 7) is 11.1. The molecule has 0 aromatic heterocycles. The van der Waals surface area contributed by atoms with Gasteiger partial charge in [0.25, 0.3) is 0 Å². The smallest absolute Gasteiger partial charge is 0.412 e. The summed E-state index contributed by atoms with van der Waals surface area (Å²) in [7, 11) is 1.60. The summed E-state index contributed by atoms with van der Waals surface area (Å²) in [5.74, 6) is 0.720. The van der Waals surface area contributed by atoms with Crippen LogP contribution in [0.15, 0.2) is 0 Å². The van der Waals surface area contributed by atoms with Crippen molar-refractivity contribution in [3.05, 3.63) is 21.7 Å². The quantitative estimate of drug-likeness (QED) is 0.866. The average Bonchev–Trinajstić information content (AvgIpc) is 2.31.